The Morgan fingerprint density at radius 2 is 2.00 bits per heavy atom. The van der Waals surface area contributed by atoms with E-state index in [0.717, 1.165) is 0 Å². The lowest BCUT2D eigenvalue weighted by atomic mass is 10.6. The van der Waals surface area contributed by atoms with Crippen LogP contribution in [-0.4, -0.2) is 21.7 Å². The highest BCUT2D eigenvalue weighted by Crippen LogP contribution is 2.45. The van der Waals surface area contributed by atoms with Gasteiger partial charge in [-0.25, -0.2) is 0 Å². The van der Waals surface area contributed by atoms with Crippen molar-refractivity contribution in [2.45, 2.75) is 18.9 Å². The summed E-state index contributed by atoms with van der Waals surface area (Å²) >= 11 is 0. The molecule has 1 aliphatic heterocycles. The van der Waals surface area contributed by atoms with E-state index in [1.165, 1.54) is 0 Å². The number of epoxide rings is 1. The molecule has 2 unspecified atom stereocenters. The van der Waals surface area contributed by atoms with Crippen LogP contribution in [0, 0.1) is 0 Å². The standard InChI is InChI=1S/C3H7O3P/c1-2-3(6-2)7(4)5/h2-5H,1H3. The normalized spacial score (nSPS) is 39.4. The van der Waals surface area contributed by atoms with E-state index in [9.17, 15) is 0 Å². The van der Waals surface area contributed by atoms with Crippen LogP contribution in [0.3, 0.4) is 0 Å². The third-order valence-electron chi connectivity index (χ3n) is 0.907. The molecule has 1 saturated heterocycles. The Morgan fingerprint density at radius 3 is 2.00 bits per heavy atom. The quantitative estimate of drug-likeness (QED) is 0.381. The topological polar surface area (TPSA) is 53.0 Å². The van der Waals surface area contributed by atoms with E-state index >= 15 is 0 Å². The minimum Gasteiger partial charge on any atom is -0.360 e. The van der Waals surface area contributed by atoms with Gasteiger partial charge < -0.3 is 14.5 Å². The van der Waals surface area contributed by atoms with Crippen molar-refractivity contribution in [2.75, 3.05) is 0 Å². The predicted molar refractivity (Wildman–Crippen MR) is 25.7 cm³/mol. The fraction of sp³-hybridized carbons (Fsp3) is 1.00. The fourth-order valence-corrected chi connectivity index (χ4v) is 1.09. The average molecular weight is 122 g/mol. The maximum absolute atomic E-state index is 8.36. The van der Waals surface area contributed by atoms with Crippen LogP contribution in [0.15, 0.2) is 0 Å². The molecule has 0 spiro atoms. The Kier molecular flexibility index (Phi) is 1.30. The van der Waals surface area contributed by atoms with Gasteiger partial charge in [0.05, 0.1) is 6.10 Å². The number of hydrogen-bond donors (Lipinski definition) is 2. The van der Waals surface area contributed by atoms with E-state index in [1.54, 1.807) is 0 Å². The van der Waals surface area contributed by atoms with Gasteiger partial charge in [-0.1, -0.05) is 0 Å². The summed E-state index contributed by atoms with van der Waals surface area (Å²) in [5, 5.41) is 0. The molecule has 0 aromatic rings. The summed E-state index contributed by atoms with van der Waals surface area (Å²) in [5.74, 6) is -0.255. The van der Waals surface area contributed by atoms with Crippen LogP contribution in [-0.2, 0) is 4.74 Å². The van der Waals surface area contributed by atoms with Crippen molar-refractivity contribution < 1.29 is 14.5 Å². The second-order valence-electron chi connectivity index (χ2n) is 1.55. The molecule has 0 aromatic heterocycles. The molecule has 0 saturated carbocycles. The molecule has 1 aliphatic rings. The molecule has 42 valence electrons. The Bertz CT molecular complexity index is 74.6. The van der Waals surface area contributed by atoms with Crippen molar-refractivity contribution in [1.29, 1.82) is 0 Å². The maximum atomic E-state index is 8.36. The van der Waals surface area contributed by atoms with Crippen molar-refractivity contribution in [3.63, 3.8) is 0 Å². The van der Waals surface area contributed by atoms with Crippen molar-refractivity contribution in [1.82, 2.24) is 0 Å². The van der Waals surface area contributed by atoms with E-state index in [2.05, 4.69) is 0 Å². The molecule has 0 radical (unpaired) electrons. The zero-order chi connectivity index (χ0) is 5.44. The fourth-order valence-electron chi connectivity index (χ4n) is 0.417. The second-order valence-corrected chi connectivity index (χ2v) is 2.70. The van der Waals surface area contributed by atoms with Crippen LogP contribution in [0.5, 0.6) is 0 Å². The first-order valence-electron chi connectivity index (χ1n) is 2.04. The van der Waals surface area contributed by atoms with Crippen LogP contribution in [0.25, 0.3) is 0 Å². The Labute approximate surface area is 42.8 Å². The summed E-state index contributed by atoms with van der Waals surface area (Å²) in [6.07, 6.45) is 0.0705. The molecule has 1 heterocycles. The zero-order valence-electron chi connectivity index (χ0n) is 3.90. The highest BCUT2D eigenvalue weighted by atomic mass is 31.2. The van der Waals surface area contributed by atoms with Crippen LogP contribution < -0.4 is 0 Å². The van der Waals surface area contributed by atoms with E-state index < -0.39 is 8.38 Å². The van der Waals surface area contributed by atoms with Crippen molar-refractivity contribution in [2.24, 2.45) is 0 Å². The molecule has 0 aliphatic carbocycles. The first kappa shape index (κ1) is 5.45. The lowest BCUT2D eigenvalue weighted by Crippen LogP contribution is -1.83. The summed E-state index contributed by atoms with van der Waals surface area (Å²) < 4.78 is 4.71. The SMILES string of the molecule is CC1OC1P(O)O. The Balaban J connectivity index is 2.20. The van der Waals surface area contributed by atoms with Crippen LogP contribution >= 0.6 is 8.38 Å². The Morgan fingerprint density at radius 1 is 1.57 bits per heavy atom. The molecule has 4 heteroatoms. The molecule has 1 rings (SSSR count). The van der Waals surface area contributed by atoms with Crippen molar-refractivity contribution in [3.05, 3.63) is 0 Å². The summed E-state index contributed by atoms with van der Waals surface area (Å²) in [6.45, 7) is 1.81. The molecule has 0 bridgehead atoms. The lowest BCUT2D eigenvalue weighted by Gasteiger charge is -1.90. The van der Waals surface area contributed by atoms with E-state index in [0.29, 0.717) is 0 Å². The lowest BCUT2D eigenvalue weighted by molar-refractivity contribution is 0.385. The van der Waals surface area contributed by atoms with Gasteiger partial charge in [-0.05, 0) is 6.92 Å². The monoisotopic (exact) mass is 122 g/mol. The first-order chi connectivity index (χ1) is 3.22. The van der Waals surface area contributed by atoms with Gasteiger partial charge in [0.25, 0.3) is 0 Å². The van der Waals surface area contributed by atoms with Crippen molar-refractivity contribution >= 4 is 8.38 Å². The molecule has 1 fully saturated rings. The third kappa shape index (κ3) is 1.10. The second kappa shape index (κ2) is 1.67. The molecule has 0 aromatic carbocycles. The largest absolute Gasteiger partial charge is 0.360 e. The Hall–Kier alpha value is 0.310. The summed E-state index contributed by atoms with van der Waals surface area (Å²) in [6, 6.07) is 0. The predicted octanol–water partition coefficient (Wildman–Crippen LogP) is 0.0277. The molecular weight excluding hydrogens is 115 g/mol. The minimum absolute atomic E-state index is 0.0705. The van der Waals surface area contributed by atoms with Crippen molar-refractivity contribution in [3.8, 4) is 0 Å². The smallest absolute Gasteiger partial charge is 0.198 e. The minimum atomic E-state index is -1.81. The van der Waals surface area contributed by atoms with E-state index in [-0.39, 0.29) is 11.9 Å². The highest BCUT2D eigenvalue weighted by Gasteiger charge is 2.40. The number of hydrogen-bond acceptors (Lipinski definition) is 3. The number of rotatable bonds is 1. The average Bonchev–Trinajstić information content (AvgIpc) is 2.17. The number of ether oxygens (including phenoxy) is 1. The van der Waals surface area contributed by atoms with Gasteiger partial charge in [-0.15, -0.1) is 0 Å². The third-order valence-corrected chi connectivity index (χ3v) is 1.90. The highest BCUT2D eigenvalue weighted by molar-refractivity contribution is 7.46. The summed E-state index contributed by atoms with van der Waals surface area (Å²) in [5.41, 5.74) is 0. The van der Waals surface area contributed by atoms with E-state index in [1.807, 2.05) is 6.92 Å². The van der Waals surface area contributed by atoms with Crippen LogP contribution in [0.4, 0.5) is 0 Å². The van der Waals surface area contributed by atoms with Gasteiger partial charge in [0, 0.05) is 0 Å². The van der Waals surface area contributed by atoms with Crippen LogP contribution in [0.2, 0.25) is 0 Å². The summed E-state index contributed by atoms with van der Waals surface area (Å²) in [7, 11) is -1.81. The molecule has 7 heavy (non-hydrogen) atoms. The maximum Gasteiger partial charge on any atom is 0.198 e. The van der Waals surface area contributed by atoms with Gasteiger partial charge in [0.1, 0.15) is 0 Å². The molecule has 2 N–H and O–H groups in total. The van der Waals surface area contributed by atoms with Gasteiger partial charge in [-0.3, -0.25) is 0 Å². The van der Waals surface area contributed by atoms with Gasteiger partial charge in [0.2, 0.25) is 0 Å². The van der Waals surface area contributed by atoms with Gasteiger partial charge >= 0.3 is 0 Å². The van der Waals surface area contributed by atoms with Crippen LogP contribution in [0.1, 0.15) is 6.92 Å². The zero-order valence-corrected chi connectivity index (χ0v) is 4.80. The molecule has 0 amide bonds. The first-order valence-corrected chi connectivity index (χ1v) is 3.36. The van der Waals surface area contributed by atoms with E-state index in [4.69, 9.17) is 14.5 Å². The van der Waals surface area contributed by atoms with Gasteiger partial charge in [0.15, 0.2) is 14.2 Å². The molecule has 3 nitrogen and oxygen atoms in total. The van der Waals surface area contributed by atoms with Gasteiger partial charge in [-0.2, -0.15) is 0 Å². The summed E-state index contributed by atoms with van der Waals surface area (Å²) in [4.78, 5) is 16.7. The molecule has 2 atom stereocenters. The molecular formula is C3H7O3P.